The minimum absolute atomic E-state index is 0.822. The molecule has 0 fully saturated rings. The number of nitrogens with zero attached hydrogens (tertiary/aromatic N) is 1. The highest BCUT2D eigenvalue weighted by molar-refractivity contribution is 9.10. The van der Waals surface area contributed by atoms with Gasteiger partial charge >= 0.3 is 0 Å². The molecule has 3 heteroatoms. The first-order valence-corrected chi connectivity index (χ1v) is 7.36. The first-order chi connectivity index (χ1) is 9.15. The lowest BCUT2D eigenvalue weighted by molar-refractivity contribution is 0.766. The molecule has 0 radical (unpaired) electrons. The number of nitrogen functional groups attached to an aromatic ring is 1. The van der Waals surface area contributed by atoms with Crippen LogP contribution in [0.1, 0.15) is 17.5 Å². The van der Waals surface area contributed by atoms with Gasteiger partial charge in [0.25, 0.3) is 0 Å². The summed E-state index contributed by atoms with van der Waals surface area (Å²) in [6.45, 7) is 3.18. The van der Waals surface area contributed by atoms with Crippen LogP contribution in [0.25, 0.3) is 0 Å². The Kier molecular flexibility index (Phi) is 3.23. The molecule has 2 aromatic carbocycles. The number of rotatable bonds is 1. The molecular weight excluding hydrogens is 300 g/mol. The zero-order valence-corrected chi connectivity index (χ0v) is 12.6. The Hall–Kier alpha value is -1.48. The van der Waals surface area contributed by atoms with Crippen LogP contribution in [0.2, 0.25) is 0 Å². The Balaban J connectivity index is 2.08. The van der Waals surface area contributed by atoms with Gasteiger partial charge in [0.15, 0.2) is 0 Å². The van der Waals surface area contributed by atoms with Crippen molar-refractivity contribution in [3.8, 4) is 0 Å². The molecule has 1 aliphatic heterocycles. The largest absolute Gasteiger partial charge is 0.397 e. The van der Waals surface area contributed by atoms with Gasteiger partial charge in [-0.15, -0.1) is 0 Å². The van der Waals surface area contributed by atoms with Gasteiger partial charge in [-0.2, -0.15) is 0 Å². The van der Waals surface area contributed by atoms with Crippen molar-refractivity contribution in [3.63, 3.8) is 0 Å². The topological polar surface area (TPSA) is 29.3 Å². The molecule has 3 rings (SSSR count). The van der Waals surface area contributed by atoms with E-state index < -0.39 is 0 Å². The van der Waals surface area contributed by atoms with E-state index in [0.29, 0.717) is 0 Å². The van der Waals surface area contributed by atoms with E-state index in [1.165, 1.54) is 23.2 Å². The third-order valence-corrected chi connectivity index (χ3v) is 4.13. The summed E-state index contributed by atoms with van der Waals surface area (Å²) in [5.41, 5.74) is 12.1. The van der Waals surface area contributed by atoms with E-state index in [1.54, 1.807) is 0 Å². The maximum atomic E-state index is 6.17. The third kappa shape index (κ3) is 2.35. The molecule has 0 bridgehead atoms. The van der Waals surface area contributed by atoms with Crippen LogP contribution in [0.3, 0.4) is 0 Å². The molecule has 98 valence electrons. The van der Waals surface area contributed by atoms with E-state index >= 15 is 0 Å². The minimum Gasteiger partial charge on any atom is -0.397 e. The van der Waals surface area contributed by atoms with E-state index in [2.05, 4.69) is 52.0 Å². The Morgan fingerprint density at radius 1 is 1.11 bits per heavy atom. The summed E-state index contributed by atoms with van der Waals surface area (Å²) in [4.78, 5) is 2.33. The summed E-state index contributed by atoms with van der Waals surface area (Å²) in [7, 11) is 0. The Morgan fingerprint density at radius 3 is 2.68 bits per heavy atom. The van der Waals surface area contributed by atoms with Gasteiger partial charge in [-0.05, 0) is 49.6 Å². The highest BCUT2D eigenvalue weighted by atomic mass is 79.9. The van der Waals surface area contributed by atoms with E-state index in [-0.39, 0.29) is 0 Å². The molecular formula is C16H17BrN2. The van der Waals surface area contributed by atoms with Gasteiger partial charge in [-0.3, -0.25) is 0 Å². The Morgan fingerprint density at radius 2 is 1.89 bits per heavy atom. The molecule has 1 aliphatic rings. The number of aryl methyl sites for hydroxylation is 2. The van der Waals surface area contributed by atoms with Crippen molar-refractivity contribution in [2.75, 3.05) is 17.2 Å². The number of anilines is 3. The summed E-state index contributed by atoms with van der Waals surface area (Å²) in [5, 5.41) is 0. The molecule has 0 atom stereocenters. The predicted molar refractivity (Wildman–Crippen MR) is 85.1 cm³/mol. The van der Waals surface area contributed by atoms with Crippen molar-refractivity contribution in [2.45, 2.75) is 19.8 Å². The van der Waals surface area contributed by atoms with Crippen LogP contribution < -0.4 is 10.6 Å². The first-order valence-electron chi connectivity index (χ1n) is 6.57. The van der Waals surface area contributed by atoms with Crippen LogP contribution in [0.5, 0.6) is 0 Å². The van der Waals surface area contributed by atoms with Gasteiger partial charge in [0.05, 0.1) is 11.4 Å². The highest BCUT2D eigenvalue weighted by Crippen LogP contribution is 2.37. The number of nitrogens with two attached hydrogens (primary N) is 1. The molecule has 2 N–H and O–H groups in total. The molecule has 0 aromatic heterocycles. The minimum atomic E-state index is 0.822. The molecule has 2 aromatic rings. The van der Waals surface area contributed by atoms with E-state index in [9.17, 15) is 0 Å². The van der Waals surface area contributed by atoms with Crippen molar-refractivity contribution in [3.05, 3.63) is 52.0 Å². The third-order valence-electron chi connectivity index (χ3n) is 3.63. The number of halogens is 1. The quantitative estimate of drug-likeness (QED) is 0.789. The van der Waals surface area contributed by atoms with Gasteiger partial charge in [-0.25, -0.2) is 0 Å². The lowest BCUT2D eigenvalue weighted by Gasteiger charge is -2.32. The Bertz CT molecular complexity index is 622. The molecule has 0 spiro atoms. The second-order valence-corrected chi connectivity index (χ2v) is 6.01. The molecule has 0 saturated heterocycles. The number of hydrogen-bond donors (Lipinski definition) is 1. The zero-order chi connectivity index (χ0) is 13.4. The van der Waals surface area contributed by atoms with Gasteiger partial charge in [-0.1, -0.05) is 33.6 Å². The maximum absolute atomic E-state index is 6.17. The van der Waals surface area contributed by atoms with Crippen molar-refractivity contribution < 1.29 is 0 Å². The van der Waals surface area contributed by atoms with Crippen LogP contribution in [0, 0.1) is 6.92 Å². The number of hydrogen-bond acceptors (Lipinski definition) is 2. The van der Waals surface area contributed by atoms with E-state index in [0.717, 1.165) is 28.8 Å². The number of fused-ring (bicyclic) bond motifs is 1. The molecule has 0 aliphatic carbocycles. The maximum Gasteiger partial charge on any atom is 0.0645 e. The fourth-order valence-corrected chi connectivity index (χ4v) is 3.13. The first kappa shape index (κ1) is 12.5. The van der Waals surface area contributed by atoms with Crippen molar-refractivity contribution in [2.24, 2.45) is 0 Å². The van der Waals surface area contributed by atoms with Gasteiger partial charge in [0, 0.05) is 16.7 Å². The van der Waals surface area contributed by atoms with Crippen LogP contribution in [-0.4, -0.2) is 6.54 Å². The molecule has 0 saturated carbocycles. The monoisotopic (exact) mass is 316 g/mol. The zero-order valence-electron chi connectivity index (χ0n) is 11.0. The van der Waals surface area contributed by atoms with E-state index in [4.69, 9.17) is 5.73 Å². The lowest BCUT2D eigenvalue weighted by atomic mass is 9.99. The van der Waals surface area contributed by atoms with Crippen molar-refractivity contribution in [1.82, 2.24) is 0 Å². The lowest BCUT2D eigenvalue weighted by Crippen LogP contribution is -2.25. The summed E-state index contributed by atoms with van der Waals surface area (Å²) < 4.78 is 1.02. The molecule has 2 nitrogen and oxygen atoms in total. The molecule has 19 heavy (non-hydrogen) atoms. The highest BCUT2D eigenvalue weighted by Gasteiger charge is 2.19. The summed E-state index contributed by atoms with van der Waals surface area (Å²) >= 11 is 3.46. The summed E-state index contributed by atoms with van der Waals surface area (Å²) in [5.74, 6) is 0. The van der Waals surface area contributed by atoms with Crippen LogP contribution >= 0.6 is 15.9 Å². The standard InChI is InChI=1S/C16H17BrN2/c1-11-4-6-15-12(9-11)3-2-8-19(15)16-7-5-13(17)10-14(16)18/h4-7,9-10H,2-3,8,18H2,1H3. The van der Waals surface area contributed by atoms with Crippen LogP contribution in [0.15, 0.2) is 40.9 Å². The van der Waals surface area contributed by atoms with Gasteiger partial charge in [0.2, 0.25) is 0 Å². The van der Waals surface area contributed by atoms with Crippen molar-refractivity contribution >= 4 is 33.0 Å². The average molecular weight is 317 g/mol. The van der Waals surface area contributed by atoms with E-state index in [1.807, 2.05) is 12.1 Å². The molecule has 1 heterocycles. The molecule has 0 amide bonds. The van der Waals surface area contributed by atoms with Gasteiger partial charge in [0.1, 0.15) is 0 Å². The van der Waals surface area contributed by atoms with Crippen molar-refractivity contribution in [1.29, 1.82) is 0 Å². The molecule has 0 unspecified atom stereocenters. The fraction of sp³-hybridized carbons (Fsp3) is 0.250. The second kappa shape index (κ2) is 4.89. The smallest absolute Gasteiger partial charge is 0.0645 e. The summed E-state index contributed by atoms with van der Waals surface area (Å²) in [6, 6.07) is 12.8. The van der Waals surface area contributed by atoms with Gasteiger partial charge < -0.3 is 10.6 Å². The van der Waals surface area contributed by atoms with Crippen LogP contribution in [-0.2, 0) is 6.42 Å². The Labute approximate surface area is 122 Å². The normalized spacial score (nSPS) is 14.3. The number of benzene rings is 2. The fourth-order valence-electron chi connectivity index (χ4n) is 2.75. The predicted octanol–water partition coefficient (Wildman–Crippen LogP) is 4.42. The van der Waals surface area contributed by atoms with Crippen LogP contribution in [0.4, 0.5) is 17.1 Å². The summed E-state index contributed by atoms with van der Waals surface area (Å²) in [6.07, 6.45) is 2.33. The second-order valence-electron chi connectivity index (χ2n) is 5.09. The SMILES string of the molecule is Cc1ccc2c(c1)CCCN2c1ccc(Br)cc1N. The average Bonchev–Trinajstić information content (AvgIpc) is 2.38.